The first-order valence-electron chi connectivity index (χ1n) is 9.19. The zero-order chi connectivity index (χ0) is 15.5. The van der Waals surface area contributed by atoms with Crippen molar-refractivity contribution in [2.45, 2.75) is 83.8 Å². The Balaban J connectivity index is 1.53. The van der Waals surface area contributed by atoms with Crippen LogP contribution in [0.3, 0.4) is 0 Å². The zero-order valence-electron chi connectivity index (χ0n) is 14.1. The molecule has 0 N–H and O–H groups in total. The topological polar surface area (TPSA) is 18.5 Å². The average molecular weight is 325 g/mol. The van der Waals surface area contributed by atoms with Crippen molar-refractivity contribution in [2.24, 2.45) is 0 Å². The van der Waals surface area contributed by atoms with Crippen LogP contribution in [0.4, 0.5) is 0 Å². The number of aryl methyl sites for hydroxylation is 1. The van der Waals surface area contributed by atoms with Crippen molar-refractivity contribution >= 4 is 11.3 Å². The average Bonchev–Trinajstić information content (AvgIpc) is 3.00. The summed E-state index contributed by atoms with van der Waals surface area (Å²) in [5.74, 6) is 0. The SMILES string of the molecule is CCCCCCCCc1ccc(CCO[C@@H]2CCCCO2)s1. The fourth-order valence-electron chi connectivity index (χ4n) is 2.90. The highest BCUT2D eigenvalue weighted by molar-refractivity contribution is 7.11. The molecule has 1 fully saturated rings. The second-order valence-corrected chi connectivity index (χ2v) is 7.56. The first kappa shape index (κ1) is 18.0. The summed E-state index contributed by atoms with van der Waals surface area (Å²) < 4.78 is 11.4. The van der Waals surface area contributed by atoms with Crippen LogP contribution < -0.4 is 0 Å². The van der Waals surface area contributed by atoms with Gasteiger partial charge in [-0.2, -0.15) is 0 Å². The second kappa shape index (κ2) is 11.2. The highest BCUT2D eigenvalue weighted by Gasteiger charge is 2.13. The van der Waals surface area contributed by atoms with Crippen molar-refractivity contribution < 1.29 is 9.47 Å². The van der Waals surface area contributed by atoms with E-state index in [1.807, 2.05) is 11.3 Å². The number of hydrogen-bond acceptors (Lipinski definition) is 3. The molecule has 0 spiro atoms. The van der Waals surface area contributed by atoms with E-state index in [-0.39, 0.29) is 6.29 Å². The predicted molar refractivity (Wildman–Crippen MR) is 94.6 cm³/mol. The summed E-state index contributed by atoms with van der Waals surface area (Å²) in [6.07, 6.45) is 14.1. The molecule has 1 aromatic rings. The van der Waals surface area contributed by atoms with Gasteiger partial charge in [-0.3, -0.25) is 0 Å². The van der Waals surface area contributed by atoms with E-state index in [0.29, 0.717) is 0 Å². The van der Waals surface area contributed by atoms with Crippen molar-refractivity contribution in [2.75, 3.05) is 13.2 Å². The van der Waals surface area contributed by atoms with Crippen molar-refractivity contribution in [1.29, 1.82) is 0 Å². The number of hydrogen-bond donors (Lipinski definition) is 0. The van der Waals surface area contributed by atoms with E-state index in [4.69, 9.17) is 9.47 Å². The molecule has 1 aliphatic rings. The van der Waals surface area contributed by atoms with Gasteiger partial charge in [-0.25, -0.2) is 0 Å². The molecular weight excluding hydrogens is 292 g/mol. The van der Waals surface area contributed by atoms with Crippen molar-refractivity contribution in [3.8, 4) is 0 Å². The van der Waals surface area contributed by atoms with Gasteiger partial charge in [-0.1, -0.05) is 39.0 Å². The lowest BCUT2D eigenvalue weighted by molar-refractivity contribution is -0.161. The molecule has 2 nitrogen and oxygen atoms in total. The van der Waals surface area contributed by atoms with Gasteiger partial charge in [-0.05, 0) is 44.2 Å². The van der Waals surface area contributed by atoms with Crippen LogP contribution >= 0.6 is 11.3 Å². The molecule has 3 heteroatoms. The number of ether oxygens (including phenoxy) is 2. The van der Waals surface area contributed by atoms with Gasteiger partial charge in [0.15, 0.2) is 6.29 Å². The van der Waals surface area contributed by atoms with Crippen LogP contribution in [0.25, 0.3) is 0 Å². The van der Waals surface area contributed by atoms with E-state index in [9.17, 15) is 0 Å². The summed E-state index contributed by atoms with van der Waals surface area (Å²) in [6.45, 7) is 3.94. The molecule has 0 bridgehead atoms. The van der Waals surface area contributed by atoms with E-state index >= 15 is 0 Å². The lowest BCUT2D eigenvalue weighted by Gasteiger charge is -2.22. The Morgan fingerprint density at radius 2 is 1.82 bits per heavy atom. The maximum Gasteiger partial charge on any atom is 0.157 e. The summed E-state index contributed by atoms with van der Waals surface area (Å²) in [5.41, 5.74) is 0. The molecule has 0 saturated carbocycles. The van der Waals surface area contributed by atoms with E-state index in [1.165, 1.54) is 62.7 Å². The van der Waals surface area contributed by atoms with Gasteiger partial charge in [0.1, 0.15) is 0 Å². The van der Waals surface area contributed by atoms with Gasteiger partial charge in [0.25, 0.3) is 0 Å². The Kier molecular flexibility index (Phi) is 9.15. The molecule has 0 aromatic carbocycles. The van der Waals surface area contributed by atoms with Crippen LogP contribution in [0.2, 0.25) is 0 Å². The Bertz CT molecular complexity index is 383. The summed E-state index contributed by atoms with van der Waals surface area (Å²) in [6, 6.07) is 4.59. The third-order valence-corrected chi connectivity index (χ3v) is 5.49. The lowest BCUT2D eigenvalue weighted by atomic mass is 10.1. The zero-order valence-corrected chi connectivity index (χ0v) is 15.0. The molecule has 126 valence electrons. The molecule has 1 atom stereocenters. The number of unbranched alkanes of at least 4 members (excludes halogenated alkanes) is 5. The second-order valence-electron chi connectivity index (χ2n) is 6.30. The summed E-state index contributed by atoms with van der Waals surface area (Å²) >= 11 is 1.97. The molecule has 1 aliphatic heterocycles. The highest BCUT2D eigenvalue weighted by Crippen LogP contribution is 2.21. The van der Waals surface area contributed by atoms with Crippen molar-refractivity contribution in [3.63, 3.8) is 0 Å². The minimum Gasteiger partial charge on any atom is -0.353 e. The van der Waals surface area contributed by atoms with Gasteiger partial charge in [0.05, 0.1) is 6.61 Å². The molecule has 2 rings (SSSR count). The molecule has 0 aliphatic carbocycles. The molecule has 0 unspecified atom stereocenters. The van der Waals surface area contributed by atoms with Crippen LogP contribution in [0, 0.1) is 0 Å². The molecule has 1 aromatic heterocycles. The van der Waals surface area contributed by atoms with Crippen LogP contribution in [0.5, 0.6) is 0 Å². The maximum atomic E-state index is 5.82. The van der Waals surface area contributed by atoms with Gasteiger partial charge in [-0.15, -0.1) is 11.3 Å². The molecule has 0 radical (unpaired) electrons. The van der Waals surface area contributed by atoms with Crippen LogP contribution in [-0.2, 0) is 22.3 Å². The third kappa shape index (κ3) is 7.26. The minimum atomic E-state index is 0.0521. The van der Waals surface area contributed by atoms with E-state index in [0.717, 1.165) is 26.1 Å². The van der Waals surface area contributed by atoms with Gasteiger partial charge >= 0.3 is 0 Å². The van der Waals surface area contributed by atoms with Gasteiger partial charge in [0.2, 0.25) is 0 Å². The van der Waals surface area contributed by atoms with Crippen molar-refractivity contribution in [3.05, 3.63) is 21.9 Å². The smallest absolute Gasteiger partial charge is 0.157 e. The van der Waals surface area contributed by atoms with E-state index in [1.54, 1.807) is 4.88 Å². The van der Waals surface area contributed by atoms with Crippen LogP contribution in [-0.4, -0.2) is 19.5 Å². The molecule has 2 heterocycles. The van der Waals surface area contributed by atoms with Gasteiger partial charge in [0, 0.05) is 22.8 Å². The molecule has 0 amide bonds. The van der Waals surface area contributed by atoms with E-state index < -0.39 is 0 Å². The summed E-state index contributed by atoms with van der Waals surface area (Å²) in [4.78, 5) is 3.00. The standard InChI is InChI=1S/C19H32O2S/c1-2-3-4-5-6-7-10-17-12-13-18(22-17)14-16-21-19-11-8-9-15-20-19/h12-13,19H,2-11,14-16H2,1H3/t19-/m1/s1. The first-order chi connectivity index (χ1) is 10.9. The summed E-state index contributed by atoms with van der Waals surface area (Å²) in [5, 5.41) is 0. The van der Waals surface area contributed by atoms with Gasteiger partial charge < -0.3 is 9.47 Å². The Hall–Kier alpha value is -0.380. The fourth-order valence-corrected chi connectivity index (χ4v) is 3.94. The number of thiophene rings is 1. The Labute approximate surface area is 140 Å². The quantitative estimate of drug-likeness (QED) is 0.483. The number of rotatable bonds is 11. The lowest BCUT2D eigenvalue weighted by Crippen LogP contribution is -2.23. The predicted octanol–water partition coefficient (Wildman–Crippen LogP) is 5.74. The Morgan fingerprint density at radius 1 is 1.05 bits per heavy atom. The minimum absolute atomic E-state index is 0.0521. The largest absolute Gasteiger partial charge is 0.353 e. The Morgan fingerprint density at radius 3 is 2.59 bits per heavy atom. The highest BCUT2D eigenvalue weighted by atomic mass is 32.1. The summed E-state index contributed by atoms with van der Waals surface area (Å²) in [7, 11) is 0. The van der Waals surface area contributed by atoms with Crippen LogP contribution in [0.1, 0.15) is 74.5 Å². The van der Waals surface area contributed by atoms with E-state index in [2.05, 4.69) is 19.1 Å². The molecule has 1 saturated heterocycles. The third-order valence-electron chi connectivity index (χ3n) is 4.28. The monoisotopic (exact) mass is 324 g/mol. The van der Waals surface area contributed by atoms with Crippen molar-refractivity contribution in [1.82, 2.24) is 0 Å². The first-order valence-corrected chi connectivity index (χ1v) is 10.0. The normalized spacial score (nSPS) is 18.7. The molecule has 22 heavy (non-hydrogen) atoms. The van der Waals surface area contributed by atoms with Crippen LogP contribution in [0.15, 0.2) is 12.1 Å². The fraction of sp³-hybridized carbons (Fsp3) is 0.789. The molecular formula is C19H32O2S. The maximum absolute atomic E-state index is 5.82.